The standard InChI is InChI=1S/C15H27N5O7S/c1-6(12(23)20-11(7(2)21)15(26)27)18-14(25)9(3-4-10(17)22)19-13(24)8(16)5-28/h6-9,11,21,28H,3-5,16H2,1-2H3,(H2,17,22)(H,18,25)(H,19,24)(H,20,23)(H,26,27). The lowest BCUT2D eigenvalue weighted by Crippen LogP contribution is -2.57. The zero-order valence-electron chi connectivity index (χ0n) is 15.5. The Hall–Kier alpha value is -2.38. The van der Waals surface area contributed by atoms with Crippen LogP contribution >= 0.6 is 12.6 Å². The molecule has 0 aromatic rings. The van der Waals surface area contributed by atoms with Crippen LogP contribution in [-0.4, -0.2) is 75.8 Å². The molecule has 0 aliphatic rings. The molecular weight excluding hydrogens is 394 g/mol. The number of nitrogens with one attached hydrogen (secondary N) is 3. The minimum atomic E-state index is -1.56. The average Bonchev–Trinajstić information content (AvgIpc) is 2.60. The minimum Gasteiger partial charge on any atom is -0.480 e. The maximum absolute atomic E-state index is 12.4. The third-order valence-corrected chi connectivity index (χ3v) is 4.04. The zero-order valence-corrected chi connectivity index (χ0v) is 16.4. The maximum atomic E-state index is 12.4. The summed E-state index contributed by atoms with van der Waals surface area (Å²) in [5, 5.41) is 25.1. The van der Waals surface area contributed by atoms with Crippen LogP contribution in [-0.2, 0) is 24.0 Å². The number of carbonyl (C=O) groups is 5. The van der Waals surface area contributed by atoms with Crippen molar-refractivity contribution >= 4 is 42.2 Å². The summed E-state index contributed by atoms with van der Waals surface area (Å²) in [5.41, 5.74) is 10.6. The van der Waals surface area contributed by atoms with Gasteiger partial charge in [0, 0.05) is 12.2 Å². The van der Waals surface area contributed by atoms with Crippen LogP contribution in [0.5, 0.6) is 0 Å². The van der Waals surface area contributed by atoms with E-state index in [4.69, 9.17) is 16.6 Å². The molecule has 0 fully saturated rings. The van der Waals surface area contributed by atoms with Crippen LogP contribution < -0.4 is 27.4 Å². The van der Waals surface area contributed by atoms with Crippen LogP contribution in [0.2, 0.25) is 0 Å². The number of nitrogens with two attached hydrogens (primary N) is 2. The number of hydrogen-bond acceptors (Lipinski definition) is 8. The molecule has 5 unspecified atom stereocenters. The quantitative estimate of drug-likeness (QED) is 0.147. The van der Waals surface area contributed by atoms with Gasteiger partial charge in [0.05, 0.1) is 12.1 Å². The summed E-state index contributed by atoms with van der Waals surface area (Å²) in [7, 11) is 0. The van der Waals surface area contributed by atoms with Crippen LogP contribution in [0.15, 0.2) is 0 Å². The van der Waals surface area contributed by atoms with Crippen molar-refractivity contribution in [2.45, 2.75) is 57.0 Å². The molecule has 12 nitrogen and oxygen atoms in total. The molecule has 28 heavy (non-hydrogen) atoms. The number of carboxylic acid groups (broad SMARTS) is 1. The van der Waals surface area contributed by atoms with Gasteiger partial charge in [0.25, 0.3) is 0 Å². The Morgan fingerprint density at radius 2 is 1.57 bits per heavy atom. The van der Waals surface area contributed by atoms with Gasteiger partial charge in [0.15, 0.2) is 6.04 Å². The molecule has 0 aliphatic heterocycles. The predicted molar refractivity (Wildman–Crippen MR) is 101 cm³/mol. The van der Waals surface area contributed by atoms with E-state index < -0.39 is 59.9 Å². The van der Waals surface area contributed by atoms with Crippen LogP contribution in [0.3, 0.4) is 0 Å². The normalized spacial score (nSPS) is 16.0. The van der Waals surface area contributed by atoms with Gasteiger partial charge in [-0.1, -0.05) is 0 Å². The summed E-state index contributed by atoms with van der Waals surface area (Å²) < 4.78 is 0. The highest BCUT2D eigenvalue weighted by atomic mass is 32.1. The minimum absolute atomic E-state index is 0.0186. The third-order valence-electron chi connectivity index (χ3n) is 3.64. The summed E-state index contributed by atoms with van der Waals surface area (Å²) in [4.78, 5) is 58.4. The SMILES string of the molecule is CC(NC(=O)C(CCC(N)=O)NC(=O)C(N)CS)C(=O)NC(C(=O)O)C(C)O. The average molecular weight is 421 g/mol. The van der Waals surface area contributed by atoms with E-state index in [1.165, 1.54) is 13.8 Å². The fraction of sp³-hybridized carbons (Fsp3) is 0.667. The molecule has 0 rings (SSSR count). The van der Waals surface area contributed by atoms with Gasteiger partial charge < -0.3 is 37.6 Å². The van der Waals surface area contributed by atoms with Crippen molar-refractivity contribution in [2.24, 2.45) is 11.5 Å². The largest absolute Gasteiger partial charge is 0.480 e. The lowest BCUT2D eigenvalue weighted by atomic mass is 10.1. The van der Waals surface area contributed by atoms with E-state index in [-0.39, 0.29) is 18.6 Å². The number of carboxylic acids is 1. The molecule has 0 heterocycles. The summed E-state index contributed by atoms with van der Waals surface area (Å²) in [6.45, 7) is 2.46. The van der Waals surface area contributed by atoms with Gasteiger partial charge in [-0.25, -0.2) is 4.79 Å². The fourth-order valence-electron chi connectivity index (χ4n) is 1.96. The van der Waals surface area contributed by atoms with E-state index in [2.05, 4.69) is 28.6 Å². The fourth-order valence-corrected chi connectivity index (χ4v) is 2.13. The second kappa shape index (κ2) is 12.2. The molecule has 0 aliphatic carbocycles. The summed E-state index contributed by atoms with van der Waals surface area (Å²) >= 11 is 3.88. The molecule has 0 saturated heterocycles. The molecule has 5 atom stereocenters. The topological polar surface area (TPSA) is 214 Å². The highest BCUT2D eigenvalue weighted by Crippen LogP contribution is 2.01. The van der Waals surface area contributed by atoms with Crippen molar-refractivity contribution in [2.75, 3.05) is 5.75 Å². The molecule has 9 N–H and O–H groups in total. The van der Waals surface area contributed by atoms with Gasteiger partial charge in [-0.05, 0) is 20.3 Å². The Kier molecular flexibility index (Phi) is 11.1. The Morgan fingerprint density at radius 1 is 1.00 bits per heavy atom. The molecule has 4 amide bonds. The first kappa shape index (κ1) is 25.6. The molecular formula is C15H27N5O7S. The number of aliphatic carboxylic acids is 1. The first-order valence-corrected chi connectivity index (χ1v) is 9.00. The number of thiol groups is 1. The Balaban J connectivity index is 5.06. The van der Waals surface area contributed by atoms with Crippen molar-refractivity contribution in [3.8, 4) is 0 Å². The van der Waals surface area contributed by atoms with Gasteiger partial charge in [-0.3, -0.25) is 19.2 Å². The van der Waals surface area contributed by atoms with Gasteiger partial charge >= 0.3 is 5.97 Å². The van der Waals surface area contributed by atoms with E-state index >= 15 is 0 Å². The summed E-state index contributed by atoms with van der Waals surface area (Å²) in [5.74, 6) is -4.48. The van der Waals surface area contributed by atoms with E-state index in [0.29, 0.717) is 0 Å². The molecule has 160 valence electrons. The first-order valence-electron chi connectivity index (χ1n) is 8.37. The smallest absolute Gasteiger partial charge is 0.328 e. The number of aliphatic hydroxyl groups excluding tert-OH is 1. The Labute approximate surface area is 167 Å². The molecule has 0 spiro atoms. The van der Waals surface area contributed by atoms with E-state index in [1.807, 2.05) is 0 Å². The lowest BCUT2D eigenvalue weighted by Gasteiger charge is -2.23. The Bertz CT molecular complexity index is 601. The van der Waals surface area contributed by atoms with Crippen LogP contribution in [0.1, 0.15) is 26.7 Å². The number of primary amides is 1. The zero-order chi connectivity index (χ0) is 22.0. The van der Waals surface area contributed by atoms with Crippen molar-refractivity contribution < 1.29 is 34.2 Å². The molecule has 0 bridgehead atoms. The molecule has 0 saturated carbocycles. The number of hydrogen-bond donors (Lipinski definition) is 8. The molecule has 0 radical (unpaired) electrons. The van der Waals surface area contributed by atoms with Crippen LogP contribution in [0, 0.1) is 0 Å². The van der Waals surface area contributed by atoms with Crippen molar-refractivity contribution in [3.05, 3.63) is 0 Å². The monoisotopic (exact) mass is 421 g/mol. The van der Waals surface area contributed by atoms with Gasteiger partial charge in [0.1, 0.15) is 12.1 Å². The summed E-state index contributed by atoms with van der Waals surface area (Å²) in [6, 6.07) is -4.95. The number of amides is 4. The second-order valence-corrected chi connectivity index (χ2v) is 6.52. The number of rotatable bonds is 12. The van der Waals surface area contributed by atoms with Crippen molar-refractivity contribution in [3.63, 3.8) is 0 Å². The van der Waals surface area contributed by atoms with Gasteiger partial charge in [0.2, 0.25) is 23.6 Å². The van der Waals surface area contributed by atoms with Gasteiger partial charge in [-0.15, -0.1) is 0 Å². The lowest BCUT2D eigenvalue weighted by molar-refractivity contribution is -0.145. The predicted octanol–water partition coefficient (Wildman–Crippen LogP) is -3.55. The highest BCUT2D eigenvalue weighted by molar-refractivity contribution is 7.80. The maximum Gasteiger partial charge on any atom is 0.328 e. The highest BCUT2D eigenvalue weighted by Gasteiger charge is 2.30. The van der Waals surface area contributed by atoms with Crippen LogP contribution in [0.25, 0.3) is 0 Å². The molecule has 0 aromatic heterocycles. The molecule has 13 heteroatoms. The van der Waals surface area contributed by atoms with Crippen molar-refractivity contribution in [1.29, 1.82) is 0 Å². The Morgan fingerprint density at radius 3 is 2.00 bits per heavy atom. The van der Waals surface area contributed by atoms with E-state index in [9.17, 15) is 29.1 Å². The van der Waals surface area contributed by atoms with Crippen molar-refractivity contribution in [1.82, 2.24) is 16.0 Å². The van der Waals surface area contributed by atoms with Crippen LogP contribution in [0.4, 0.5) is 0 Å². The summed E-state index contributed by atoms with van der Waals surface area (Å²) in [6.07, 6.45) is -1.71. The van der Waals surface area contributed by atoms with Gasteiger partial charge in [-0.2, -0.15) is 12.6 Å². The third kappa shape index (κ3) is 9.01. The second-order valence-electron chi connectivity index (χ2n) is 6.15. The first-order chi connectivity index (χ1) is 12.9. The van der Waals surface area contributed by atoms with E-state index in [0.717, 1.165) is 0 Å². The number of carbonyl (C=O) groups excluding carboxylic acids is 4. The number of aliphatic hydroxyl groups is 1. The molecule has 0 aromatic carbocycles. The van der Waals surface area contributed by atoms with E-state index in [1.54, 1.807) is 0 Å².